The monoisotopic (exact) mass is 152 g/mol. The van der Waals surface area contributed by atoms with Crippen molar-refractivity contribution in [2.45, 2.75) is 19.8 Å². The molecule has 1 aliphatic rings. The molecule has 0 aromatic rings. The first-order valence-electron chi connectivity index (χ1n) is 3.75. The Morgan fingerprint density at radius 2 is 2.18 bits per heavy atom. The van der Waals surface area contributed by atoms with Crippen molar-refractivity contribution in [1.82, 2.24) is 0 Å². The Labute approximate surface area is 66.2 Å². The Hall–Kier alpha value is -1.18. The molecule has 0 bridgehead atoms. The van der Waals surface area contributed by atoms with Crippen LogP contribution in [-0.2, 0) is 0 Å². The third-order valence-corrected chi connectivity index (χ3v) is 1.67. The van der Waals surface area contributed by atoms with Gasteiger partial charge < -0.3 is 10.2 Å². The first kappa shape index (κ1) is 7.92. The molecular formula is C9H12O2. The Morgan fingerprint density at radius 1 is 1.45 bits per heavy atom. The molecule has 2 heteroatoms. The van der Waals surface area contributed by atoms with E-state index in [1.807, 2.05) is 12.2 Å². The highest BCUT2D eigenvalue weighted by Crippen LogP contribution is 2.23. The van der Waals surface area contributed by atoms with Gasteiger partial charge in [-0.3, -0.25) is 0 Å². The van der Waals surface area contributed by atoms with Crippen LogP contribution in [0.3, 0.4) is 0 Å². The molecule has 0 atom stereocenters. The molecule has 0 aliphatic heterocycles. The largest absolute Gasteiger partial charge is 0.481 e. The maximum absolute atomic E-state index is 8.79. The molecule has 1 rings (SSSR count). The molecular weight excluding hydrogens is 140 g/mol. The molecule has 0 spiro atoms. The van der Waals surface area contributed by atoms with E-state index >= 15 is 0 Å². The van der Waals surface area contributed by atoms with E-state index in [0.29, 0.717) is 5.57 Å². The number of hydrogen-bond acceptors (Lipinski definition) is 2. The van der Waals surface area contributed by atoms with Crippen LogP contribution in [0.1, 0.15) is 19.8 Å². The number of aliphatic hydroxyl groups is 2. The van der Waals surface area contributed by atoms with Gasteiger partial charge in [-0.15, -0.1) is 0 Å². The van der Waals surface area contributed by atoms with E-state index in [1.54, 1.807) is 6.08 Å². The number of allylic oxidation sites excluding steroid dienone is 5. The molecule has 0 amide bonds. The Balaban J connectivity index is 2.78. The van der Waals surface area contributed by atoms with Crippen molar-refractivity contribution < 1.29 is 10.2 Å². The smallest absolute Gasteiger partial charge is 0.281 e. The van der Waals surface area contributed by atoms with Gasteiger partial charge in [-0.2, -0.15) is 0 Å². The van der Waals surface area contributed by atoms with Gasteiger partial charge in [-0.1, -0.05) is 25.5 Å². The Bertz CT molecular complexity index is 230. The highest BCUT2D eigenvalue weighted by atomic mass is 16.5. The van der Waals surface area contributed by atoms with Crippen LogP contribution in [0.25, 0.3) is 0 Å². The second-order valence-electron chi connectivity index (χ2n) is 2.54. The van der Waals surface area contributed by atoms with Crippen LogP contribution in [0.2, 0.25) is 0 Å². The van der Waals surface area contributed by atoms with Gasteiger partial charge in [0, 0.05) is 0 Å². The quantitative estimate of drug-likeness (QED) is 0.597. The van der Waals surface area contributed by atoms with Crippen molar-refractivity contribution in [3.05, 3.63) is 35.3 Å². The molecule has 1 aliphatic carbocycles. The second kappa shape index (κ2) is 3.28. The fourth-order valence-corrected chi connectivity index (χ4v) is 1.16. The minimum absolute atomic E-state index is 0.562. The first-order valence-corrected chi connectivity index (χ1v) is 3.75. The summed E-state index contributed by atoms with van der Waals surface area (Å²) in [5, 5.41) is 17.6. The summed E-state index contributed by atoms with van der Waals surface area (Å²) in [6, 6.07) is 0. The minimum atomic E-state index is -0.571. The lowest BCUT2D eigenvalue weighted by Gasteiger charge is -2.01. The zero-order valence-corrected chi connectivity index (χ0v) is 6.54. The van der Waals surface area contributed by atoms with Crippen LogP contribution in [0.15, 0.2) is 35.3 Å². The summed E-state index contributed by atoms with van der Waals surface area (Å²) in [7, 11) is 0. The van der Waals surface area contributed by atoms with E-state index in [-0.39, 0.29) is 0 Å². The van der Waals surface area contributed by atoms with Crippen molar-refractivity contribution in [3.63, 3.8) is 0 Å². The van der Waals surface area contributed by atoms with Crippen molar-refractivity contribution in [3.8, 4) is 0 Å². The molecule has 2 N–H and O–H groups in total. The summed E-state index contributed by atoms with van der Waals surface area (Å²) >= 11 is 0. The summed E-state index contributed by atoms with van der Waals surface area (Å²) in [6.45, 7) is 2.06. The molecule has 0 saturated heterocycles. The molecule has 2 nitrogen and oxygen atoms in total. The number of rotatable bonds is 2. The van der Waals surface area contributed by atoms with Crippen molar-refractivity contribution in [2.24, 2.45) is 0 Å². The molecule has 0 aromatic heterocycles. The topological polar surface area (TPSA) is 40.5 Å². The first-order chi connectivity index (χ1) is 5.25. The third kappa shape index (κ3) is 1.64. The lowest BCUT2D eigenvalue weighted by Crippen LogP contribution is -1.89. The van der Waals surface area contributed by atoms with Gasteiger partial charge in [0.1, 0.15) is 0 Å². The Kier molecular flexibility index (Phi) is 2.36. The van der Waals surface area contributed by atoms with E-state index < -0.39 is 5.95 Å². The van der Waals surface area contributed by atoms with Gasteiger partial charge in [-0.05, 0) is 18.1 Å². The molecule has 0 unspecified atom stereocenters. The van der Waals surface area contributed by atoms with Crippen molar-refractivity contribution >= 4 is 0 Å². The molecule has 11 heavy (non-hydrogen) atoms. The lowest BCUT2D eigenvalue weighted by molar-refractivity contribution is 0.187. The van der Waals surface area contributed by atoms with Crippen LogP contribution in [0, 0.1) is 0 Å². The summed E-state index contributed by atoms with van der Waals surface area (Å²) < 4.78 is 0. The molecule has 0 fully saturated rings. The van der Waals surface area contributed by atoms with E-state index in [1.165, 1.54) is 0 Å². The van der Waals surface area contributed by atoms with E-state index in [9.17, 15) is 0 Å². The molecule has 0 saturated carbocycles. The molecule has 0 radical (unpaired) electrons. The van der Waals surface area contributed by atoms with Gasteiger partial charge in [0.15, 0.2) is 0 Å². The standard InChI is InChI=1S/C9H12O2/c1-2-4-7-5-3-6-8(7)9(10)11/h3,5-6,10-11H,2,4H2,1H3. The highest BCUT2D eigenvalue weighted by molar-refractivity contribution is 5.48. The predicted molar refractivity (Wildman–Crippen MR) is 44.4 cm³/mol. The van der Waals surface area contributed by atoms with Crippen molar-refractivity contribution in [2.75, 3.05) is 0 Å². The molecule has 60 valence electrons. The van der Waals surface area contributed by atoms with Crippen LogP contribution in [0.4, 0.5) is 0 Å². The maximum atomic E-state index is 8.79. The maximum Gasteiger partial charge on any atom is 0.281 e. The van der Waals surface area contributed by atoms with Gasteiger partial charge in [0.25, 0.3) is 5.95 Å². The van der Waals surface area contributed by atoms with E-state index in [2.05, 4.69) is 6.92 Å². The van der Waals surface area contributed by atoms with Crippen LogP contribution in [-0.4, -0.2) is 10.2 Å². The number of hydrogen-bond donors (Lipinski definition) is 2. The number of aliphatic hydroxyl groups excluding tert-OH is 1. The van der Waals surface area contributed by atoms with E-state index in [4.69, 9.17) is 10.2 Å². The van der Waals surface area contributed by atoms with Crippen molar-refractivity contribution in [1.29, 1.82) is 0 Å². The predicted octanol–water partition coefficient (Wildman–Crippen LogP) is 2.61. The highest BCUT2D eigenvalue weighted by Gasteiger charge is 2.09. The van der Waals surface area contributed by atoms with Crippen LogP contribution < -0.4 is 0 Å². The average Bonchev–Trinajstić information content (AvgIpc) is 2.36. The summed E-state index contributed by atoms with van der Waals surface area (Å²) in [5.41, 5.74) is 1.57. The second-order valence-corrected chi connectivity index (χ2v) is 2.54. The van der Waals surface area contributed by atoms with Gasteiger partial charge in [0.05, 0.1) is 5.57 Å². The Morgan fingerprint density at radius 3 is 2.73 bits per heavy atom. The van der Waals surface area contributed by atoms with E-state index in [0.717, 1.165) is 18.4 Å². The average molecular weight is 152 g/mol. The summed E-state index contributed by atoms with van der Waals surface area (Å²) in [5.74, 6) is -0.571. The zero-order chi connectivity index (χ0) is 8.27. The fraction of sp³-hybridized carbons (Fsp3) is 0.333. The summed E-state index contributed by atoms with van der Waals surface area (Å²) in [4.78, 5) is 0. The normalized spacial score (nSPS) is 15.4. The fourth-order valence-electron chi connectivity index (χ4n) is 1.16. The summed E-state index contributed by atoms with van der Waals surface area (Å²) in [6.07, 6.45) is 7.36. The lowest BCUT2D eigenvalue weighted by atomic mass is 10.1. The third-order valence-electron chi connectivity index (χ3n) is 1.67. The van der Waals surface area contributed by atoms with Gasteiger partial charge >= 0.3 is 0 Å². The van der Waals surface area contributed by atoms with Gasteiger partial charge in [0.2, 0.25) is 0 Å². The van der Waals surface area contributed by atoms with Crippen LogP contribution in [0.5, 0.6) is 0 Å². The molecule has 0 aromatic carbocycles. The van der Waals surface area contributed by atoms with Crippen LogP contribution >= 0.6 is 0 Å². The van der Waals surface area contributed by atoms with Gasteiger partial charge in [-0.25, -0.2) is 0 Å². The SMILES string of the molecule is CCCC1=CC=CC1=C(O)O. The zero-order valence-electron chi connectivity index (χ0n) is 6.54. The minimum Gasteiger partial charge on any atom is -0.481 e. The molecule has 0 heterocycles.